The molecule has 0 radical (unpaired) electrons. The van der Waals surface area contributed by atoms with Gasteiger partial charge in [-0.2, -0.15) is 13.2 Å². The number of likely N-dealkylation sites (N-methyl/N-ethyl adjacent to an activating group) is 2. The first-order chi connectivity index (χ1) is 11.8. The van der Waals surface area contributed by atoms with Gasteiger partial charge in [0, 0.05) is 25.2 Å². The molecule has 25 heavy (non-hydrogen) atoms. The number of nitrogens with zero attached hydrogens (tertiary/aromatic N) is 4. The number of aromatic nitrogens is 2. The van der Waals surface area contributed by atoms with Gasteiger partial charge >= 0.3 is 6.18 Å². The standard InChI is InChI=1S/C18H21F3N4/c1-12-10-16(25(3)15-8-9-24(2)11-15)22-23-17(12)13-4-6-14(7-5-13)18(19,20)21/h4-7,10,15H,8-9,11H2,1-3H3/t15-/m1/s1. The van der Waals surface area contributed by atoms with Crippen molar-refractivity contribution < 1.29 is 13.2 Å². The van der Waals surface area contributed by atoms with Crippen LogP contribution < -0.4 is 4.90 Å². The van der Waals surface area contributed by atoms with Gasteiger partial charge in [-0.25, -0.2) is 0 Å². The van der Waals surface area contributed by atoms with Crippen molar-refractivity contribution in [2.24, 2.45) is 0 Å². The summed E-state index contributed by atoms with van der Waals surface area (Å²) in [7, 11) is 4.10. The Balaban J connectivity index is 1.82. The quantitative estimate of drug-likeness (QED) is 0.846. The van der Waals surface area contributed by atoms with Crippen LogP contribution in [0.25, 0.3) is 11.3 Å². The third-order valence-electron chi connectivity index (χ3n) is 4.73. The van der Waals surface area contributed by atoms with Crippen LogP contribution in [0.5, 0.6) is 0 Å². The summed E-state index contributed by atoms with van der Waals surface area (Å²) in [6.45, 7) is 3.95. The van der Waals surface area contributed by atoms with Crippen molar-refractivity contribution in [2.75, 3.05) is 32.1 Å². The molecule has 0 N–H and O–H groups in total. The molecule has 1 aromatic carbocycles. The number of rotatable bonds is 3. The molecular formula is C18H21F3N4. The molecule has 0 amide bonds. The number of halogens is 3. The molecule has 4 nitrogen and oxygen atoms in total. The van der Waals surface area contributed by atoms with Crippen molar-refractivity contribution in [2.45, 2.75) is 25.6 Å². The van der Waals surface area contributed by atoms with Crippen molar-refractivity contribution in [3.63, 3.8) is 0 Å². The van der Waals surface area contributed by atoms with Gasteiger partial charge in [0.2, 0.25) is 0 Å². The SMILES string of the molecule is Cc1cc(N(C)[C@@H]2CCN(C)C2)nnc1-c1ccc(C(F)(F)F)cc1. The molecule has 0 saturated carbocycles. The largest absolute Gasteiger partial charge is 0.416 e. The van der Waals surface area contributed by atoms with Gasteiger partial charge in [0.1, 0.15) is 0 Å². The molecule has 0 unspecified atom stereocenters. The van der Waals surface area contributed by atoms with E-state index in [1.165, 1.54) is 12.1 Å². The summed E-state index contributed by atoms with van der Waals surface area (Å²) >= 11 is 0. The molecule has 1 aliphatic rings. The lowest BCUT2D eigenvalue weighted by atomic mass is 10.1. The van der Waals surface area contributed by atoms with Crippen LogP contribution in [0.2, 0.25) is 0 Å². The highest BCUT2D eigenvalue weighted by atomic mass is 19.4. The third-order valence-corrected chi connectivity index (χ3v) is 4.73. The first kappa shape index (κ1) is 17.7. The topological polar surface area (TPSA) is 32.3 Å². The lowest BCUT2D eigenvalue weighted by Crippen LogP contribution is -2.34. The summed E-state index contributed by atoms with van der Waals surface area (Å²) < 4.78 is 38.0. The molecular weight excluding hydrogens is 329 g/mol. The molecule has 1 saturated heterocycles. The van der Waals surface area contributed by atoms with E-state index in [9.17, 15) is 13.2 Å². The second-order valence-electron chi connectivity index (χ2n) is 6.62. The zero-order chi connectivity index (χ0) is 18.2. The fourth-order valence-corrected chi connectivity index (χ4v) is 3.16. The lowest BCUT2D eigenvalue weighted by Gasteiger charge is -2.25. The Hall–Kier alpha value is -2.15. The Morgan fingerprint density at radius 1 is 1.16 bits per heavy atom. The summed E-state index contributed by atoms with van der Waals surface area (Å²) in [4.78, 5) is 4.40. The van der Waals surface area contributed by atoms with Crippen molar-refractivity contribution >= 4 is 5.82 Å². The van der Waals surface area contributed by atoms with Crippen LogP contribution >= 0.6 is 0 Å². The van der Waals surface area contributed by atoms with Crippen LogP contribution in [0.15, 0.2) is 30.3 Å². The number of benzene rings is 1. The molecule has 1 fully saturated rings. The molecule has 0 bridgehead atoms. The summed E-state index contributed by atoms with van der Waals surface area (Å²) in [6, 6.07) is 7.37. The van der Waals surface area contributed by atoms with Crippen LogP contribution in [0, 0.1) is 6.92 Å². The highest BCUT2D eigenvalue weighted by molar-refractivity contribution is 5.64. The summed E-state index contributed by atoms with van der Waals surface area (Å²) in [5.74, 6) is 0.786. The lowest BCUT2D eigenvalue weighted by molar-refractivity contribution is -0.137. The van der Waals surface area contributed by atoms with Gasteiger partial charge in [-0.05, 0) is 50.7 Å². The van der Waals surface area contributed by atoms with Gasteiger partial charge in [-0.1, -0.05) is 12.1 Å². The summed E-state index contributed by atoms with van der Waals surface area (Å²) in [6.07, 6.45) is -3.26. The first-order valence-corrected chi connectivity index (χ1v) is 8.19. The van der Waals surface area contributed by atoms with E-state index in [-0.39, 0.29) is 0 Å². The molecule has 3 rings (SSSR count). The Kier molecular flexibility index (Phi) is 4.69. The van der Waals surface area contributed by atoms with Gasteiger partial charge in [-0.15, -0.1) is 10.2 Å². The van der Waals surface area contributed by atoms with E-state index in [2.05, 4.69) is 27.0 Å². The maximum atomic E-state index is 12.7. The van der Waals surface area contributed by atoms with Crippen LogP contribution in [-0.4, -0.2) is 48.3 Å². The van der Waals surface area contributed by atoms with Gasteiger partial charge in [0.15, 0.2) is 5.82 Å². The normalized spacial score (nSPS) is 18.6. The monoisotopic (exact) mass is 350 g/mol. The van der Waals surface area contributed by atoms with Gasteiger partial charge in [0.05, 0.1) is 11.3 Å². The number of aryl methyl sites for hydroxylation is 1. The van der Waals surface area contributed by atoms with Crippen molar-refractivity contribution in [3.8, 4) is 11.3 Å². The number of hydrogen-bond donors (Lipinski definition) is 0. The maximum absolute atomic E-state index is 12.7. The van der Waals surface area contributed by atoms with E-state index in [0.717, 1.165) is 43.0 Å². The molecule has 7 heteroatoms. The van der Waals surface area contributed by atoms with Gasteiger partial charge < -0.3 is 9.80 Å². The van der Waals surface area contributed by atoms with Crippen LogP contribution in [0.4, 0.5) is 19.0 Å². The van der Waals surface area contributed by atoms with E-state index in [1.54, 1.807) is 0 Å². The second kappa shape index (κ2) is 6.63. The highest BCUT2D eigenvalue weighted by Gasteiger charge is 2.30. The molecule has 1 aliphatic heterocycles. The summed E-state index contributed by atoms with van der Waals surface area (Å²) in [5.41, 5.74) is 1.47. The van der Waals surface area contributed by atoms with E-state index in [4.69, 9.17) is 0 Å². The Morgan fingerprint density at radius 2 is 1.84 bits per heavy atom. The molecule has 1 atom stereocenters. The fraction of sp³-hybridized carbons (Fsp3) is 0.444. The van der Waals surface area contributed by atoms with E-state index >= 15 is 0 Å². The fourth-order valence-electron chi connectivity index (χ4n) is 3.16. The smallest absolute Gasteiger partial charge is 0.354 e. The van der Waals surface area contributed by atoms with Gasteiger partial charge in [-0.3, -0.25) is 0 Å². The molecule has 0 spiro atoms. The number of likely N-dealkylation sites (tertiary alicyclic amines) is 1. The van der Waals surface area contributed by atoms with Crippen LogP contribution in [0.3, 0.4) is 0 Å². The third kappa shape index (κ3) is 3.76. The number of hydrogen-bond acceptors (Lipinski definition) is 4. The molecule has 2 aromatic rings. The number of anilines is 1. The van der Waals surface area contributed by atoms with Crippen LogP contribution in [0.1, 0.15) is 17.5 Å². The minimum Gasteiger partial charge on any atom is -0.354 e. The Morgan fingerprint density at radius 3 is 2.36 bits per heavy atom. The average Bonchev–Trinajstić information content (AvgIpc) is 3.00. The van der Waals surface area contributed by atoms with Crippen molar-refractivity contribution in [3.05, 3.63) is 41.5 Å². The molecule has 0 aliphatic carbocycles. The minimum atomic E-state index is -4.33. The second-order valence-corrected chi connectivity index (χ2v) is 6.62. The zero-order valence-corrected chi connectivity index (χ0v) is 14.5. The predicted octanol–water partition coefficient (Wildman–Crippen LogP) is 3.61. The van der Waals surface area contributed by atoms with Crippen LogP contribution in [-0.2, 0) is 6.18 Å². The highest BCUT2D eigenvalue weighted by Crippen LogP contribution is 2.31. The van der Waals surface area contributed by atoms with E-state index < -0.39 is 11.7 Å². The molecule has 1 aromatic heterocycles. The predicted molar refractivity (Wildman–Crippen MR) is 91.5 cm³/mol. The first-order valence-electron chi connectivity index (χ1n) is 8.19. The zero-order valence-electron chi connectivity index (χ0n) is 14.5. The van der Waals surface area contributed by atoms with Gasteiger partial charge in [0.25, 0.3) is 0 Å². The van der Waals surface area contributed by atoms with E-state index in [1.807, 2.05) is 20.0 Å². The Bertz CT molecular complexity index is 743. The summed E-state index contributed by atoms with van der Waals surface area (Å²) in [5, 5.41) is 8.56. The van der Waals surface area contributed by atoms with E-state index in [0.29, 0.717) is 17.3 Å². The average molecular weight is 350 g/mol. The Labute approximate surface area is 145 Å². The van der Waals surface area contributed by atoms with Crippen molar-refractivity contribution in [1.29, 1.82) is 0 Å². The minimum absolute atomic E-state index is 0.399. The number of alkyl halides is 3. The molecule has 2 heterocycles. The van der Waals surface area contributed by atoms with Crippen molar-refractivity contribution in [1.82, 2.24) is 15.1 Å². The maximum Gasteiger partial charge on any atom is 0.416 e. The molecule has 134 valence electrons.